The van der Waals surface area contributed by atoms with Crippen molar-refractivity contribution in [3.63, 3.8) is 0 Å². The van der Waals surface area contributed by atoms with Crippen LogP contribution in [0.2, 0.25) is 0 Å². The number of halogens is 1. The minimum Gasteiger partial charge on any atom is -0.309 e. The predicted molar refractivity (Wildman–Crippen MR) is 279 cm³/mol. The molecule has 0 unspecified atom stereocenters. The van der Waals surface area contributed by atoms with Gasteiger partial charge >= 0.3 is 0 Å². The number of rotatable bonds is 10. The van der Waals surface area contributed by atoms with Crippen LogP contribution in [-0.4, -0.2) is 0 Å². The van der Waals surface area contributed by atoms with Crippen LogP contribution in [0.1, 0.15) is 0 Å². The molecule has 66 heavy (non-hydrogen) atoms. The molecule has 0 saturated carbocycles. The van der Waals surface area contributed by atoms with Crippen molar-refractivity contribution in [1.82, 2.24) is 0 Å². The normalized spacial score (nSPS) is 11.7. The number of anilines is 9. The Labute approximate surface area is 391 Å². The van der Waals surface area contributed by atoms with E-state index in [-0.39, 0.29) is 5.82 Å². The Bertz CT molecular complexity index is 3480. The number of hydrogen-bond acceptors (Lipinski definition) is 5. The SMILES string of the molecule is Fc1ccc(N(c2ccccc2)c2ccc(-c3ccc4c(c3)N(c3ccccc3)c3cccc5c(-c6ccc(N(c7ccccc7)c7ccc(-c8ccccc8)cc7)s6)ccc-4c35)s2)cc1. The smallest absolute Gasteiger partial charge is 0.123 e. The lowest BCUT2D eigenvalue weighted by molar-refractivity contribution is 0.628. The lowest BCUT2D eigenvalue weighted by Crippen LogP contribution is -2.15. The first-order valence-electron chi connectivity index (χ1n) is 22.0. The highest BCUT2D eigenvalue weighted by Crippen LogP contribution is 2.55. The van der Waals surface area contributed by atoms with Gasteiger partial charge in [0.1, 0.15) is 15.8 Å². The maximum Gasteiger partial charge on any atom is 0.123 e. The average Bonchev–Trinajstić information content (AvgIpc) is 4.07. The van der Waals surface area contributed by atoms with Crippen LogP contribution >= 0.6 is 22.7 Å². The molecule has 0 fully saturated rings. The van der Waals surface area contributed by atoms with E-state index in [9.17, 15) is 4.39 Å². The molecule has 0 radical (unpaired) electrons. The Morgan fingerprint density at radius 1 is 0.348 bits per heavy atom. The van der Waals surface area contributed by atoms with E-state index in [1.54, 1.807) is 11.3 Å². The van der Waals surface area contributed by atoms with Crippen LogP contribution in [0.15, 0.2) is 243 Å². The van der Waals surface area contributed by atoms with Crippen molar-refractivity contribution < 1.29 is 4.39 Å². The molecule has 314 valence electrons. The van der Waals surface area contributed by atoms with Gasteiger partial charge in [-0.2, -0.15) is 0 Å². The van der Waals surface area contributed by atoms with Gasteiger partial charge in [0, 0.05) is 49.1 Å². The summed E-state index contributed by atoms with van der Waals surface area (Å²) in [5, 5.41) is 4.65. The maximum atomic E-state index is 14.1. The van der Waals surface area contributed by atoms with Gasteiger partial charge in [-0.3, -0.25) is 0 Å². The summed E-state index contributed by atoms with van der Waals surface area (Å²) in [7, 11) is 0. The Kier molecular flexibility index (Phi) is 10.1. The first-order chi connectivity index (χ1) is 32.6. The molecule has 2 aromatic heterocycles. The fourth-order valence-electron chi connectivity index (χ4n) is 9.28. The van der Waals surface area contributed by atoms with Crippen molar-refractivity contribution in [2.75, 3.05) is 14.7 Å². The largest absolute Gasteiger partial charge is 0.309 e. The van der Waals surface area contributed by atoms with Gasteiger partial charge in [0.2, 0.25) is 0 Å². The molecule has 12 rings (SSSR count). The van der Waals surface area contributed by atoms with Crippen LogP contribution in [0, 0.1) is 5.82 Å². The summed E-state index contributed by atoms with van der Waals surface area (Å²) in [4.78, 5) is 9.33. The summed E-state index contributed by atoms with van der Waals surface area (Å²) < 4.78 is 14.1. The van der Waals surface area contributed by atoms with Crippen LogP contribution in [-0.2, 0) is 0 Å². The van der Waals surface area contributed by atoms with E-state index >= 15 is 0 Å². The van der Waals surface area contributed by atoms with E-state index in [0.717, 1.165) is 60.3 Å². The minimum absolute atomic E-state index is 0.253. The van der Waals surface area contributed by atoms with Crippen molar-refractivity contribution in [3.05, 3.63) is 248 Å². The number of fused-ring (bicyclic) bond motifs is 2. The van der Waals surface area contributed by atoms with Crippen LogP contribution in [0.4, 0.5) is 54.2 Å². The van der Waals surface area contributed by atoms with Crippen LogP contribution in [0.3, 0.4) is 0 Å². The lowest BCUT2D eigenvalue weighted by Gasteiger charge is -2.34. The number of para-hydroxylation sites is 3. The van der Waals surface area contributed by atoms with Gasteiger partial charge in [-0.1, -0.05) is 133 Å². The number of thiophene rings is 2. The number of hydrogen-bond donors (Lipinski definition) is 0. The molecule has 9 aromatic carbocycles. The van der Waals surface area contributed by atoms with Gasteiger partial charge in [0.05, 0.1) is 11.4 Å². The standard InChI is InChI=1S/C60H40FN3S2/c61-44-27-31-49(32-28-44)63(46-18-9-3-10-19-46)58-38-36-56(65-58)43-26-33-50-53-35-34-51(52-22-13-23-54(60(52)53)64(55(50)40-43)47-20-11-4-12-21-47)57-37-39-59(66-57)62(45-16-7-2-8-17-45)48-29-24-42(25-30-48)41-14-5-1-6-15-41/h1-40H. The van der Waals surface area contributed by atoms with E-state index in [2.05, 4.69) is 215 Å². The second-order valence-electron chi connectivity index (χ2n) is 16.3. The molecule has 1 aliphatic heterocycles. The van der Waals surface area contributed by atoms with Gasteiger partial charge < -0.3 is 14.7 Å². The summed E-state index contributed by atoms with van der Waals surface area (Å²) in [5.41, 5.74) is 14.7. The minimum atomic E-state index is -0.253. The van der Waals surface area contributed by atoms with Crippen LogP contribution in [0.5, 0.6) is 0 Å². The first-order valence-corrected chi connectivity index (χ1v) is 23.7. The molecule has 0 saturated heterocycles. The van der Waals surface area contributed by atoms with Crippen molar-refractivity contribution in [2.45, 2.75) is 0 Å². The highest BCUT2D eigenvalue weighted by molar-refractivity contribution is 7.20. The molecular formula is C60H40FN3S2. The van der Waals surface area contributed by atoms with E-state index in [4.69, 9.17) is 0 Å². The van der Waals surface area contributed by atoms with Crippen LogP contribution < -0.4 is 14.7 Å². The topological polar surface area (TPSA) is 9.72 Å². The predicted octanol–water partition coefficient (Wildman–Crippen LogP) is 18.5. The van der Waals surface area contributed by atoms with Crippen molar-refractivity contribution >= 4 is 83.3 Å². The summed E-state index contributed by atoms with van der Waals surface area (Å²) in [6, 6.07) is 84.9. The molecule has 0 spiro atoms. The zero-order valence-electron chi connectivity index (χ0n) is 35.6. The highest BCUT2D eigenvalue weighted by Gasteiger charge is 2.28. The first kappa shape index (κ1) is 39.6. The van der Waals surface area contributed by atoms with E-state index in [1.165, 1.54) is 55.6 Å². The summed E-state index contributed by atoms with van der Waals surface area (Å²) in [5.74, 6) is -0.253. The molecule has 1 aliphatic rings. The molecule has 0 amide bonds. The van der Waals surface area contributed by atoms with Gasteiger partial charge in [0.15, 0.2) is 0 Å². The van der Waals surface area contributed by atoms with Gasteiger partial charge in [-0.15, -0.1) is 22.7 Å². The van der Waals surface area contributed by atoms with Gasteiger partial charge in [0.25, 0.3) is 0 Å². The Balaban J connectivity index is 0.945. The molecule has 6 heteroatoms. The summed E-state index contributed by atoms with van der Waals surface area (Å²) >= 11 is 3.54. The Morgan fingerprint density at radius 3 is 1.50 bits per heavy atom. The van der Waals surface area contributed by atoms with Crippen molar-refractivity contribution in [2.24, 2.45) is 0 Å². The number of nitrogens with zero attached hydrogens (tertiary/aromatic N) is 3. The number of benzene rings is 9. The highest BCUT2D eigenvalue weighted by atomic mass is 32.1. The monoisotopic (exact) mass is 885 g/mol. The van der Waals surface area contributed by atoms with Gasteiger partial charge in [-0.05, 0) is 142 Å². The molecule has 3 nitrogen and oxygen atoms in total. The fourth-order valence-corrected chi connectivity index (χ4v) is 11.4. The quantitative estimate of drug-likeness (QED) is 0.135. The molecule has 0 N–H and O–H groups in total. The maximum absolute atomic E-state index is 14.1. The molecule has 11 aromatic rings. The van der Waals surface area contributed by atoms with Gasteiger partial charge in [-0.25, -0.2) is 4.39 Å². The van der Waals surface area contributed by atoms with Crippen LogP contribution in [0.25, 0.3) is 53.9 Å². The Hall–Kier alpha value is -8.03. The average molecular weight is 886 g/mol. The Morgan fingerprint density at radius 2 is 0.848 bits per heavy atom. The van der Waals surface area contributed by atoms with E-state index in [0.29, 0.717) is 0 Å². The van der Waals surface area contributed by atoms with E-state index in [1.807, 2.05) is 41.7 Å². The zero-order chi connectivity index (χ0) is 44.0. The molecular weight excluding hydrogens is 846 g/mol. The van der Waals surface area contributed by atoms with Crippen molar-refractivity contribution in [3.8, 4) is 43.1 Å². The second-order valence-corrected chi connectivity index (χ2v) is 18.4. The molecule has 3 heterocycles. The lowest BCUT2D eigenvalue weighted by atomic mass is 9.88. The fraction of sp³-hybridized carbons (Fsp3) is 0. The summed E-state index contributed by atoms with van der Waals surface area (Å²) in [6.07, 6.45) is 0. The zero-order valence-corrected chi connectivity index (χ0v) is 37.3. The molecule has 0 aliphatic carbocycles. The third kappa shape index (κ3) is 7.13. The molecule has 0 atom stereocenters. The van der Waals surface area contributed by atoms with E-state index < -0.39 is 0 Å². The van der Waals surface area contributed by atoms with Crippen molar-refractivity contribution in [1.29, 1.82) is 0 Å². The second kappa shape index (κ2) is 16.8. The third-order valence-corrected chi connectivity index (χ3v) is 14.5. The third-order valence-electron chi connectivity index (χ3n) is 12.3. The molecule has 0 bridgehead atoms. The summed E-state index contributed by atoms with van der Waals surface area (Å²) in [6.45, 7) is 0.